The highest BCUT2D eigenvalue weighted by molar-refractivity contribution is 7.93. The molecule has 0 atom stereocenters. The van der Waals surface area contributed by atoms with E-state index in [2.05, 4.69) is 21.9 Å². The molecule has 0 fully saturated rings. The number of carbonyl (C=O) groups excluding carboxylic acids is 1. The second-order valence-corrected chi connectivity index (χ2v) is 9.95. The van der Waals surface area contributed by atoms with Crippen molar-refractivity contribution in [2.24, 2.45) is 0 Å². The highest BCUT2D eigenvalue weighted by atomic mass is 32.2. The minimum Gasteiger partial charge on any atom is -0.486 e. The first-order valence-electron chi connectivity index (χ1n) is 10.6. The van der Waals surface area contributed by atoms with Gasteiger partial charge in [-0.25, -0.2) is 13.4 Å². The SMILES string of the molecule is CCCc1ccc(OCc2ccc(C(=O)Nc3ccc(S(=O)(=O)Nc4nccs4)cc3)o2)cc1. The van der Waals surface area contributed by atoms with Crippen molar-refractivity contribution in [2.75, 3.05) is 10.0 Å². The lowest BCUT2D eigenvalue weighted by molar-refractivity contribution is 0.0992. The van der Waals surface area contributed by atoms with E-state index in [1.165, 1.54) is 47.4 Å². The third kappa shape index (κ3) is 6.03. The summed E-state index contributed by atoms with van der Waals surface area (Å²) < 4.78 is 38.5. The van der Waals surface area contributed by atoms with E-state index >= 15 is 0 Å². The number of aryl methyl sites for hydroxylation is 1. The van der Waals surface area contributed by atoms with Gasteiger partial charge in [0.2, 0.25) is 0 Å². The number of ether oxygens (including phenoxy) is 1. The summed E-state index contributed by atoms with van der Waals surface area (Å²) >= 11 is 1.18. The Hall–Kier alpha value is -3.63. The maximum atomic E-state index is 12.5. The largest absolute Gasteiger partial charge is 0.486 e. The van der Waals surface area contributed by atoms with Gasteiger partial charge in [0, 0.05) is 17.3 Å². The van der Waals surface area contributed by atoms with Crippen LogP contribution in [0.1, 0.15) is 35.2 Å². The number of anilines is 2. The van der Waals surface area contributed by atoms with Crippen LogP contribution in [-0.2, 0) is 23.1 Å². The molecule has 4 aromatic rings. The third-order valence-corrected chi connectivity index (χ3v) is 6.98. The van der Waals surface area contributed by atoms with Gasteiger partial charge in [-0.3, -0.25) is 9.52 Å². The Morgan fingerprint density at radius 2 is 1.82 bits per heavy atom. The minimum atomic E-state index is -3.76. The van der Waals surface area contributed by atoms with Gasteiger partial charge in [-0.1, -0.05) is 25.5 Å². The fourth-order valence-corrected chi connectivity index (χ4v) is 4.92. The van der Waals surface area contributed by atoms with E-state index in [0.717, 1.165) is 18.6 Å². The van der Waals surface area contributed by atoms with Crippen molar-refractivity contribution in [3.63, 3.8) is 0 Å². The molecule has 2 N–H and O–H groups in total. The molecular weight excluding hydrogens is 474 g/mol. The summed E-state index contributed by atoms with van der Waals surface area (Å²) in [4.78, 5) is 16.5. The topological polar surface area (TPSA) is 111 Å². The number of rotatable bonds is 10. The average molecular weight is 498 g/mol. The third-order valence-electron chi connectivity index (χ3n) is 4.81. The molecule has 10 heteroatoms. The van der Waals surface area contributed by atoms with Gasteiger partial charge in [-0.15, -0.1) is 11.3 Å². The first-order valence-corrected chi connectivity index (χ1v) is 12.9. The molecular formula is C24H23N3O5S2. The molecule has 1 amide bonds. The number of thiazole rings is 1. The molecule has 0 aliphatic rings. The summed E-state index contributed by atoms with van der Waals surface area (Å²) in [6.07, 6.45) is 3.63. The molecule has 8 nitrogen and oxygen atoms in total. The van der Waals surface area contributed by atoms with Crippen LogP contribution in [0.15, 0.2) is 81.6 Å². The van der Waals surface area contributed by atoms with Crippen molar-refractivity contribution < 1.29 is 22.4 Å². The standard InChI is InChI=1S/C24H23N3O5S2/c1-2-3-17-4-8-19(9-5-17)31-16-20-10-13-22(32-20)23(28)26-18-6-11-21(12-7-18)34(29,30)27-24-25-14-15-33-24/h4-15H,2-3,16H2,1H3,(H,25,27)(H,26,28). The number of benzene rings is 2. The van der Waals surface area contributed by atoms with Crippen LogP contribution >= 0.6 is 11.3 Å². The first kappa shape index (κ1) is 23.5. The number of hydrogen-bond acceptors (Lipinski definition) is 7. The molecule has 0 spiro atoms. The zero-order valence-corrected chi connectivity index (χ0v) is 20.0. The number of sulfonamides is 1. The summed E-state index contributed by atoms with van der Waals surface area (Å²) in [5, 5.41) is 4.64. The van der Waals surface area contributed by atoms with E-state index in [4.69, 9.17) is 9.15 Å². The molecule has 0 bridgehead atoms. The number of hydrogen-bond donors (Lipinski definition) is 2. The van der Waals surface area contributed by atoms with E-state index in [-0.39, 0.29) is 22.4 Å². The predicted octanol–water partition coefficient (Wildman–Crippen LogP) is 5.32. The second kappa shape index (κ2) is 10.5. The normalized spacial score (nSPS) is 11.2. The molecule has 0 saturated carbocycles. The molecule has 0 aliphatic heterocycles. The zero-order chi connectivity index (χ0) is 24.0. The van der Waals surface area contributed by atoms with E-state index in [0.29, 0.717) is 11.4 Å². The number of furan rings is 1. The first-order chi connectivity index (χ1) is 16.4. The molecule has 2 heterocycles. The quantitative estimate of drug-likeness (QED) is 0.307. The smallest absolute Gasteiger partial charge is 0.291 e. The van der Waals surface area contributed by atoms with Crippen molar-refractivity contribution in [3.05, 3.63) is 89.3 Å². The number of carbonyl (C=O) groups is 1. The van der Waals surface area contributed by atoms with Gasteiger partial charge in [0.1, 0.15) is 18.1 Å². The Bertz CT molecular complexity index is 1330. The molecule has 176 valence electrons. The van der Waals surface area contributed by atoms with Crippen LogP contribution < -0.4 is 14.8 Å². The molecule has 2 aromatic carbocycles. The number of nitrogens with one attached hydrogen (secondary N) is 2. The van der Waals surface area contributed by atoms with Crippen molar-refractivity contribution in [1.29, 1.82) is 0 Å². The second-order valence-electron chi connectivity index (χ2n) is 7.37. The average Bonchev–Trinajstić information content (AvgIpc) is 3.51. The van der Waals surface area contributed by atoms with Gasteiger partial charge >= 0.3 is 0 Å². The van der Waals surface area contributed by atoms with Crippen LogP contribution in [0.25, 0.3) is 0 Å². The lowest BCUT2D eigenvalue weighted by atomic mass is 10.1. The van der Waals surface area contributed by atoms with Crippen molar-refractivity contribution >= 4 is 38.1 Å². The Labute approximate surface area is 201 Å². The minimum absolute atomic E-state index is 0.0564. The zero-order valence-electron chi connectivity index (χ0n) is 18.4. The monoisotopic (exact) mass is 497 g/mol. The van der Waals surface area contributed by atoms with E-state index in [9.17, 15) is 13.2 Å². The molecule has 4 rings (SSSR count). The highest BCUT2D eigenvalue weighted by Crippen LogP contribution is 2.21. The van der Waals surface area contributed by atoms with Crippen LogP contribution in [-0.4, -0.2) is 19.3 Å². The Kier molecular flexibility index (Phi) is 7.29. The van der Waals surface area contributed by atoms with Crippen molar-refractivity contribution in [3.8, 4) is 5.75 Å². The van der Waals surface area contributed by atoms with E-state index in [1.54, 1.807) is 17.5 Å². The Morgan fingerprint density at radius 3 is 2.50 bits per heavy atom. The van der Waals surface area contributed by atoms with Gasteiger partial charge < -0.3 is 14.5 Å². The molecule has 0 unspecified atom stereocenters. The van der Waals surface area contributed by atoms with Gasteiger partial charge in [-0.05, 0) is 60.5 Å². The summed E-state index contributed by atoms with van der Waals surface area (Å²) in [6.45, 7) is 2.33. The molecule has 2 aromatic heterocycles. The van der Waals surface area contributed by atoms with E-state index < -0.39 is 15.9 Å². The van der Waals surface area contributed by atoms with Crippen molar-refractivity contribution in [1.82, 2.24) is 4.98 Å². The molecule has 0 saturated heterocycles. The van der Waals surface area contributed by atoms with E-state index in [1.807, 2.05) is 24.3 Å². The van der Waals surface area contributed by atoms with Gasteiger partial charge in [0.15, 0.2) is 10.9 Å². The van der Waals surface area contributed by atoms with Crippen molar-refractivity contribution in [2.45, 2.75) is 31.3 Å². The Balaban J connectivity index is 1.32. The summed E-state index contributed by atoms with van der Waals surface area (Å²) in [7, 11) is -3.76. The number of amides is 1. The fourth-order valence-electron chi connectivity index (χ4n) is 3.13. The maximum Gasteiger partial charge on any atom is 0.291 e. The fraction of sp³-hybridized carbons (Fsp3) is 0.167. The highest BCUT2D eigenvalue weighted by Gasteiger charge is 2.16. The summed E-state index contributed by atoms with van der Waals surface area (Å²) in [5.74, 6) is 0.907. The Morgan fingerprint density at radius 1 is 1.06 bits per heavy atom. The lowest BCUT2D eigenvalue weighted by Gasteiger charge is -2.07. The van der Waals surface area contributed by atoms with Gasteiger partial charge in [0.25, 0.3) is 15.9 Å². The van der Waals surface area contributed by atoms with Gasteiger partial charge in [0.05, 0.1) is 4.90 Å². The van der Waals surface area contributed by atoms with Crippen LogP contribution in [0.4, 0.5) is 10.8 Å². The molecule has 0 aliphatic carbocycles. The summed E-state index contributed by atoms with van der Waals surface area (Å²) in [5.41, 5.74) is 1.69. The van der Waals surface area contributed by atoms with Crippen LogP contribution in [0.3, 0.4) is 0 Å². The number of aromatic nitrogens is 1. The predicted molar refractivity (Wildman–Crippen MR) is 131 cm³/mol. The maximum absolute atomic E-state index is 12.5. The summed E-state index contributed by atoms with van der Waals surface area (Å²) in [6, 6.07) is 17.0. The lowest BCUT2D eigenvalue weighted by Crippen LogP contribution is -2.13. The van der Waals surface area contributed by atoms with Crippen LogP contribution in [0.5, 0.6) is 5.75 Å². The van der Waals surface area contributed by atoms with Gasteiger partial charge in [-0.2, -0.15) is 0 Å². The van der Waals surface area contributed by atoms with Crippen LogP contribution in [0.2, 0.25) is 0 Å². The molecule has 0 radical (unpaired) electrons. The van der Waals surface area contributed by atoms with Crippen LogP contribution in [0, 0.1) is 0 Å². The molecule has 34 heavy (non-hydrogen) atoms. The number of nitrogens with zero attached hydrogens (tertiary/aromatic N) is 1.